The summed E-state index contributed by atoms with van der Waals surface area (Å²) < 4.78 is 16.4. The SMILES string of the molecule is CC(C)N(C)C(=O)c1cc(F)ccc1-n1cc(C2CCCN(C(=O)C3NC4CCC3CC4)CCC2)c2ccncc21. The summed E-state index contributed by atoms with van der Waals surface area (Å²) in [5.74, 6) is 0.493. The standard InChI is InChI=1S/C33H42FN5O2/c1-21(2)37(3)32(40)27-18-24(34)10-13-29(27)39-20-28(26-14-15-35-19-30(26)39)22-6-4-16-38(17-5-7-22)33(41)31-23-8-11-25(36-31)12-9-23/h10,13-15,18-23,25,31,36H,4-9,11-12,16-17H2,1-3H3. The molecular weight excluding hydrogens is 517 g/mol. The van der Waals surface area contributed by atoms with Crippen LogP contribution in [-0.4, -0.2) is 69.4 Å². The molecule has 41 heavy (non-hydrogen) atoms. The zero-order chi connectivity index (χ0) is 28.7. The molecule has 1 aromatic carbocycles. The Balaban J connectivity index is 1.25. The van der Waals surface area contributed by atoms with E-state index >= 15 is 0 Å². The average Bonchev–Trinajstić information content (AvgIpc) is 3.36. The third-order valence-corrected chi connectivity index (χ3v) is 9.82. The van der Waals surface area contributed by atoms with Crippen LogP contribution < -0.4 is 5.32 Å². The maximum absolute atomic E-state index is 14.4. The number of nitrogens with one attached hydrogen (secondary N) is 1. The first kappa shape index (κ1) is 27.9. The summed E-state index contributed by atoms with van der Waals surface area (Å²) >= 11 is 0. The summed E-state index contributed by atoms with van der Waals surface area (Å²) in [6.45, 7) is 5.48. The Morgan fingerprint density at radius 2 is 1.78 bits per heavy atom. The molecule has 2 bridgehead atoms. The lowest BCUT2D eigenvalue weighted by molar-refractivity contribution is -0.137. The minimum absolute atomic E-state index is 0.00514. The fraction of sp³-hybridized carbons (Fsp3) is 0.545. The molecule has 1 unspecified atom stereocenters. The molecule has 7 rings (SSSR count). The number of amides is 2. The van der Waals surface area contributed by atoms with Gasteiger partial charge >= 0.3 is 0 Å². The van der Waals surface area contributed by atoms with Crippen molar-refractivity contribution in [2.45, 2.75) is 89.3 Å². The molecule has 4 aliphatic rings. The monoisotopic (exact) mass is 559 g/mol. The number of carbonyl (C=O) groups excluding carboxylic acids is 2. The van der Waals surface area contributed by atoms with Crippen molar-refractivity contribution < 1.29 is 14.0 Å². The number of likely N-dealkylation sites (tertiary alicyclic amines) is 1. The van der Waals surface area contributed by atoms with Gasteiger partial charge in [-0.2, -0.15) is 0 Å². The van der Waals surface area contributed by atoms with Crippen LogP contribution in [0.1, 0.15) is 87.1 Å². The Morgan fingerprint density at radius 1 is 1.05 bits per heavy atom. The molecular formula is C33H42FN5O2. The maximum atomic E-state index is 14.4. The van der Waals surface area contributed by atoms with Crippen molar-refractivity contribution in [1.29, 1.82) is 0 Å². The molecule has 3 saturated heterocycles. The summed E-state index contributed by atoms with van der Waals surface area (Å²) in [6.07, 6.45) is 14.4. The molecule has 0 spiro atoms. The first-order valence-corrected chi connectivity index (χ1v) is 15.4. The zero-order valence-corrected chi connectivity index (χ0v) is 24.5. The minimum Gasteiger partial charge on any atom is -0.341 e. The van der Waals surface area contributed by atoms with Gasteiger partial charge in [0.15, 0.2) is 0 Å². The third-order valence-electron chi connectivity index (χ3n) is 9.82. The topological polar surface area (TPSA) is 70.5 Å². The number of aromatic nitrogens is 2. The van der Waals surface area contributed by atoms with Crippen molar-refractivity contribution in [3.63, 3.8) is 0 Å². The number of halogens is 1. The highest BCUT2D eigenvalue weighted by atomic mass is 19.1. The third kappa shape index (κ3) is 5.39. The molecule has 3 aromatic rings. The van der Waals surface area contributed by atoms with E-state index in [0.717, 1.165) is 49.7 Å². The molecule has 218 valence electrons. The van der Waals surface area contributed by atoms with Gasteiger partial charge in [-0.15, -0.1) is 0 Å². The van der Waals surface area contributed by atoms with Crippen molar-refractivity contribution in [1.82, 2.24) is 24.7 Å². The second-order valence-corrected chi connectivity index (χ2v) is 12.6. The van der Waals surface area contributed by atoms with Gasteiger partial charge in [-0.25, -0.2) is 4.39 Å². The van der Waals surface area contributed by atoms with Crippen LogP contribution in [0.4, 0.5) is 4.39 Å². The normalized spacial score (nSPS) is 23.5. The highest BCUT2D eigenvalue weighted by molar-refractivity contribution is 5.99. The number of pyridine rings is 1. The molecule has 0 radical (unpaired) electrons. The molecule has 3 aliphatic heterocycles. The molecule has 2 aromatic heterocycles. The van der Waals surface area contributed by atoms with Crippen LogP contribution in [0.5, 0.6) is 0 Å². The van der Waals surface area contributed by atoms with Crippen molar-refractivity contribution >= 4 is 22.7 Å². The van der Waals surface area contributed by atoms with E-state index < -0.39 is 5.82 Å². The fourth-order valence-corrected chi connectivity index (χ4v) is 7.26. The Bertz CT molecular complexity index is 1420. The van der Waals surface area contributed by atoms with E-state index in [-0.39, 0.29) is 18.0 Å². The molecule has 1 saturated carbocycles. The number of benzene rings is 1. The quantitative estimate of drug-likeness (QED) is 0.438. The smallest absolute Gasteiger partial charge is 0.256 e. The Kier molecular flexibility index (Phi) is 7.86. The summed E-state index contributed by atoms with van der Waals surface area (Å²) in [4.78, 5) is 35.0. The first-order valence-electron chi connectivity index (χ1n) is 15.4. The average molecular weight is 560 g/mol. The molecule has 8 heteroatoms. The van der Waals surface area contributed by atoms with E-state index in [1.165, 1.54) is 43.4 Å². The lowest BCUT2D eigenvalue weighted by Gasteiger charge is -2.44. The summed E-state index contributed by atoms with van der Waals surface area (Å²) in [5, 5.41) is 4.75. The van der Waals surface area contributed by atoms with E-state index in [4.69, 9.17) is 0 Å². The van der Waals surface area contributed by atoms with Crippen molar-refractivity contribution in [3.8, 4) is 5.69 Å². The van der Waals surface area contributed by atoms with Crippen LogP contribution >= 0.6 is 0 Å². The van der Waals surface area contributed by atoms with Crippen molar-refractivity contribution in [3.05, 3.63) is 59.8 Å². The lowest BCUT2D eigenvalue weighted by Crippen LogP contribution is -2.59. The number of fused-ring (bicyclic) bond motifs is 4. The van der Waals surface area contributed by atoms with E-state index in [0.29, 0.717) is 35.0 Å². The number of nitrogens with zero attached hydrogens (tertiary/aromatic N) is 4. The fourth-order valence-electron chi connectivity index (χ4n) is 7.26. The van der Waals surface area contributed by atoms with Gasteiger partial charge in [0.25, 0.3) is 5.91 Å². The molecule has 1 N–H and O–H groups in total. The maximum Gasteiger partial charge on any atom is 0.256 e. The second kappa shape index (κ2) is 11.6. The first-order chi connectivity index (χ1) is 19.8. The van der Waals surface area contributed by atoms with Gasteiger partial charge in [0.2, 0.25) is 5.91 Å². The Morgan fingerprint density at radius 3 is 2.44 bits per heavy atom. The van der Waals surface area contributed by atoms with Crippen LogP contribution in [0.2, 0.25) is 0 Å². The summed E-state index contributed by atoms with van der Waals surface area (Å²) in [7, 11) is 1.75. The summed E-state index contributed by atoms with van der Waals surface area (Å²) in [5.41, 5.74) is 3.14. The van der Waals surface area contributed by atoms with Gasteiger partial charge in [-0.3, -0.25) is 14.6 Å². The molecule has 5 heterocycles. The molecule has 7 nitrogen and oxygen atoms in total. The van der Waals surface area contributed by atoms with Gasteiger partial charge in [-0.05, 0) is 107 Å². The van der Waals surface area contributed by atoms with Crippen LogP contribution in [0.3, 0.4) is 0 Å². The van der Waals surface area contributed by atoms with E-state index in [2.05, 4.69) is 21.4 Å². The van der Waals surface area contributed by atoms with E-state index in [1.807, 2.05) is 36.9 Å². The molecule has 1 aliphatic carbocycles. The van der Waals surface area contributed by atoms with Crippen LogP contribution in [-0.2, 0) is 4.79 Å². The zero-order valence-electron chi connectivity index (χ0n) is 24.5. The Hall–Kier alpha value is -3.26. The number of hydrogen-bond donors (Lipinski definition) is 1. The predicted octanol–water partition coefficient (Wildman–Crippen LogP) is 5.66. The Labute approximate surface area is 242 Å². The molecule has 1 atom stereocenters. The van der Waals surface area contributed by atoms with Gasteiger partial charge in [0.05, 0.1) is 29.0 Å². The molecule has 2 amide bonds. The van der Waals surface area contributed by atoms with E-state index in [1.54, 1.807) is 18.0 Å². The van der Waals surface area contributed by atoms with Gasteiger partial charge < -0.3 is 19.7 Å². The number of rotatable bonds is 5. The van der Waals surface area contributed by atoms with Gasteiger partial charge in [-0.1, -0.05) is 0 Å². The van der Waals surface area contributed by atoms with Gasteiger partial charge in [0.1, 0.15) is 5.82 Å². The van der Waals surface area contributed by atoms with Crippen LogP contribution in [0.15, 0.2) is 42.9 Å². The largest absolute Gasteiger partial charge is 0.341 e. The molecule has 4 fully saturated rings. The van der Waals surface area contributed by atoms with Crippen molar-refractivity contribution in [2.75, 3.05) is 20.1 Å². The lowest BCUT2D eigenvalue weighted by atomic mass is 9.76. The van der Waals surface area contributed by atoms with E-state index in [9.17, 15) is 14.0 Å². The minimum atomic E-state index is -0.431. The van der Waals surface area contributed by atoms with Crippen molar-refractivity contribution in [2.24, 2.45) is 5.92 Å². The van der Waals surface area contributed by atoms with Crippen LogP contribution in [0.25, 0.3) is 16.6 Å². The highest BCUT2D eigenvalue weighted by Gasteiger charge is 2.40. The number of carbonyl (C=O) groups is 2. The van der Waals surface area contributed by atoms with Gasteiger partial charge in [0, 0.05) is 50.0 Å². The van der Waals surface area contributed by atoms with Crippen LogP contribution in [0, 0.1) is 11.7 Å². The summed E-state index contributed by atoms with van der Waals surface area (Å²) in [6, 6.07) is 7.01. The number of piperidine rings is 2. The second-order valence-electron chi connectivity index (χ2n) is 12.6. The number of hydrogen-bond acceptors (Lipinski definition) is 4. The predicted molar refractivity (Wildman–Crippen MR) is 159 cm³/mol. The highest BCUT2D eigenvalue weighted by Crippen LogP contribution is 2.38.